The van der Waals surface area contributed by atoms with Crippen molar-refractivity contribution in [2.75, 3.05) is 11.6 Å². The Balaban J connectivity index is 2.46. The van der Waals surface area contributed by atoms with Crippen molar-refractivity contribution in [2.24, 2.45) is 0 Å². The Labute approximate surface area is 83.3 Å². The Morgan fingerprint density at radius 2 is 2.08 bits per heavy atom. The molecule has 0 aliphatic heterocycles. The van der Waals surface area contributed by atoms with Gasteiger partial charge in [0, 0.05) is 17.4 Å². The van der Waals surface area contributed by atoms with Gasteiger partial charge in [-0.1, -0.05) is 24.3 Å². The standard InChI is InChI=1S/C10H13ClS/c1-9-4-2-3-5-10(9)8-12-7-6-11/h2-5H,6-8H2,1H3. The number of halogens is 1. The summed E-state index contributed by atoms with van der Waals surface area (Å²) in [6, 6.07) is 8.49. The third-order valence-corrected chi connectivity index (χ3v) is 3.16. The minimum absolute atomic E-state index is 0.747. The van der Waals surface area contributed by atoms with E-state index < -0.39 is 0 Å². The van der Waals surface area contributed by atoms with E-state index in [9.17, 15) is 0 Å². The lowest BCUT2D eigenvalue weighted by molar-refractivity contribution is 1.30. The number of aryl methyl sites for hydroxylation is 1. The molecule has 66 valence electrons. The zero-order valence-corrected chi connectivity index (χ0v) is 8.79. The molecule has 0 N–H and O–H groups in total. The molecular formula is C10H13ClS. The first-order valence-corrected chi connectivity index (χ1v) is 5.71. The molecular weight excluding hydrogens is 188 g/mol. The third-order valence-electron chi connectivity index (χ3n) is 1.74. The molecule has 2 heteroatoms. The molecule has 0 amide bonds. The Morgan fingerprint density at radius 3 is 2.75 bits per heavy atom. The normalized spacial score (nSPS) is 10.2. The van der Waals surface area contributed by atoms with Gasteiger partial charge in [0.1, 0.15) is 0 Å². The third kappa shape index (κ3) is 3.08. The van der Waals surface area contributed by atoms with Gasteiger partial charge in [-0.2, -0.15) is 11.8 Å². The second-order valence-electron chi connectivity index (χ2n) is 2.67. The van der Waals surface area contributed by atoms with Crippen molar-refractivity contribution in [1.29, 1.82) is 0 Å². The Hall–Kier alpha value is -0.140. The van der Waals surface area contributed by atoms with E-state index >= 15 is 0 Å². The highest BCUT2D eigenvalue weighted by atomic mass is 35.5. The molecule has 0 nitrogen and oxygen atoms in total. The summed E-state index contributed by atoms with van der Waals surface area (Å²) in [5.41, 5.74) is 2.80. The summed E-state index contributed by atoms with van der Waals surface area (Å²) in [5, 5.41) is 0. The molecule has 0 saturated carbocycles. The van der Waals surface area contributed by atoms with Crippen molar-refractivity contribution in [3.8, 4) is 0 Å². The predicted octanol–water partition coefficient (Wildman–Crippen LogP) is 3.47. The van der Waals surface area contributed by atoms with E-state index in [1.165, 1.54) is 11.1 Å². The molecule has 0 radical (unpaired) electrons. The first-order chi connectivity index (χ1) is 5.84. The molecule has 1 aromatic carbocycles. The highest BCUT2D eigenvalue weighted by molar-refractivity contribution is 7.98. The van der Waals surface area contributed by atoms with Crippen molar-refractivity contribution in [1.82, 2.24) is 0 Å². The van der Waals surface area contributed by atoms with Crippen LogP contribution >= 0.6 is 23.4 Å². The lowest BCUT2D eigenvalue weighted by Crippen LogP contribution is -1.87. The van der Waals surface area contributed by atoms with Gasteiger partial charge in [-0.15, -0.1) is 11.6 Å². The van der Waals surface area contributed by atoms with Crippen molar-refractivity contribution >= 4 is 23.4 Å². The lowest BCUT2D eigenvalue weighted by Gasteiger charge is -2.03. The van der Waals surface area contributed by atoms with Gasteiger partial charge in [0.15, 0.2) is 0 Å². The van der Waals surface area contributed by atoms with Crippen LogP contribution in [0, 0.1) is 6.92 Å². The minimum Gasteiger partial charge on any atom is -0.156 e. The summed E-state index contributed by atoms with van der Waals surface area (Å²) in [5.74, 6) is 2.87. The Morgan fingerprint density at radius 1 is 1.33 bits per heavy atom. The van der Waals surface area contributed by atoms with Gasteiger partial charge in [-0.25, -0.2) is 0 Å². The van der Waals surface area contributed by atoms with Gasteiger partial charge in [-0.05, 0) is 18.1 Å². The Bertz CT molecular complexity index is 235. The molecule has 12 heavy (non-hydrogen) atoms. The van der Waals surface area contributed by atoms with E-state index in [0.29, 0.717) is 0 Å². The number of hydrogen-bond donors (Lipinski definition) is 0. The van der Waals surface area contributed by atoms with Gasteiger partial charge in [-0.3, -0.25) is 0 Å². The molecule has 0 aliphatic rings. The zero-order chi connectivity index (χ0) is 8.81. The van der Waals surface area contributed by atoms with Crippen molar-refractivity contribution in [2.45, 2.75) is 12.7 Å². The second-order valence-corrected chi connectivity index (χ2v) is 4.15. The van der Waals surface area contributed by atoms with Crippen LogP contribution < -0.4 is 0 Å². The van der Waals surface area contributed by atoms with E-state index in [-0.39, 0.29) is 0 Å². The van der Waals surface area contributed by atoms with Crippen molar-refractivity contribution < 1.29 is 0 Å². The monoisotopic (exact) mass is 200 g/mol. The minimum atomic E-state index is 0.747. The summed E-state index contributed by atoms with van der Waals surface area (Å²) in [4.78, 5) is 0. The maximum atomic E-state index is 5.59. The highest BCUT2D eigenvalue weighted by Crippen LogP contribution is 2.15. The quantitative estimate of drug-likeness (QED) is 0.530. The molecule has 0 unspecified atom stereocenters. The van der Waals surface area contributed by atoms with E-state index in [1.807, 2.05) is 11.8 Å². The smallest absolute Gasteiger partial charge is 0.0314 e. The van der Waals surface area contributed by atoms with Gasteiger partial charge in [0.25, 0.3) is 0 Å². The SMILES string of the molecule is Cc1ccccc1CSCCCl. The zero-order valence-electron chi connectivity index (χ0n) is 7.22. The average Bonchev–Trinajstić information content (AvgIpc) is 2.09. The molecule has 1 rings (SSSR count). The van der Waals surface area contributed by atoms with Gasteiger partial charge >= 0.3 is 0 Å². The van der Waals surface area contributed by atoms with Crippen LogP contribution in [0.4, 0.5) is 0 Å². The van der Waals surface area contributed by atoms with Crippen LogP contribution in [0.2, 0.25) is 0 Å². The maximum Gasteiger partial charge on any atom is 0.0314 e. The number of rotatable bonds is 4. The average molecular weight is 201 g/mol. The van der Waals surface area contributed by atoms with E-state index in [0.717, 1.165) is 17.4 Å². The molecule has 0 bridgehead atoms. The van der Waals surface area contributed by atoms with Gasteiger partial charge in [0.2, 0.25) is 0 Å². The summed E-state index contributed by atoms with van der Waals surface area (Å²) in [7, 11) is 0. The number of alkyl halides is 1. The maximum absolute atomic E-state index is 5.59. The van der Waals surface area contributed by atoms with Crippen LogP contribution in [0.5, 0.6) is 0 Å². The largest absolute Gasteiger partial charge is 0.156 e. The van der Waals surface area contributed by atoms with Crippen LogP contribution in [0.1, 0.15) is 11.1 Å². The molecule has 0 heterocycles. The van der Waals surface area contributed by atoms with Crippen LogP contribution in [0.3, 0.4) is 0 Å². The topological polar surface area (TPSA) is 0 Å². The predicted molar refractivity (Wildman–Crippen MR) is 58.1 cm³/mol. The summed E-state index contributed by atoms with van der Waals surface area (Å²) in [6.07, 6.45) is 0. The van der Waals surface area contributed by atoms with Crippen LogP contribution in [-0.2, 0) is 5.75 Å². The van der Waals surface area contributed by atoms with Crippen LogP contribution in [-0.4, -0.2) is 11.6 Å². The van der Waals surface area contributed by atoms with Crippen LogP contribution in [0.25, 0.3) is 0 Å². The molecule has 0 aliphatic carbocycles. The van der Waals surface area contributed by atoms with Crippen LogP contribution in [0.15, 0.2) is 24.3 Å². The number of benzene rings is 1. The van der Waals surface area contributed by atoms with E-state index in [1.54, 1.807) is 0 Å². The van der Waals surface area contributed by atoms with E-state index in [2.05, 4.69) is 31.2 Å². The fourth-order valence-corrected chi connectivity index (χ4v) is 2.13. The van der Waals surface area contributed by atoms with Gasteiger partial charge < -0.3 is 0 Å². The van der Waals surface area contributed by atoms with Crippen molar-refractivity contribution in [3.05, 3.63) is 35.4 Å². The second kappa shape index (κ2) is 5.50. The molecule has 0 atom stereocenters. The number of hydrogen-bond acceptors (Lipinski definition) is 1. The molecule has 1 aromatic rings. The fourth-order valence-electron chi connectivity index (χ4n) is 1.01. The Kier molecular flexibility index (Phi) is 4.55. The summed E-state index contributed by atoms with van der Waals surface area (Å²) < 4.78 is 0. The lowest BCUT2D eigenvalue weighted by atomic mass is 10.1. The van der Waals surface area contributed by atoms with Gasteiger partial charge in [0.05, 0.1) is 0 Å². The highest BCUT2D eigenvalue weighted by Gasteiger charge is 1.95. The first kappa shape index (κ1) is 9.94. The molecule has 0 fully saturated rings. The number of thioether (sulfide) groups is 1. The van der Waals surface area contributed by atoms with E-state index in [4.69, 9.17) is 11.6 Å². The molecule has 0 saturated heterocycles. The van der Waals surface area contributed by atoms with Crippen molar-refractivity contribution in [3.63, 3.8) is 0 Å². The summed E-state index contributed by atoms with van der Waals surface area (Å²) in [6.45, 7) is 2.15. The molecule has 0 spiro atoms. The first-order valence-electron chi connectivity index (χ1n) is 4.03. The fraction of sp³-hybridized carbons (Fsp3) is 0.400. The molecule has 0 aromatic heterocycles. The summed E-state index contributed by atoms with van der Waals surface area (Å²) >= 11 is 7.48.